The molecule has 2 saturated heterocycles. The summed E-state index contributed by atoms with van der Waals surface area (Å²) in [4.78, 5) is 24.2. The normalized spacial score (nSPS) is 35.2. The van der Waals surface area contributed by atoms with E-state index in [0.29, 0.717) is 39.3 Å². The van der Waals surface area contributed by atoms with Gasteiger partial charge in [-0.05, 0) is 12.8 Å². The van der Waals surface area contributed by atoms with Gasteiger partial charge >= 0.3 is 11.9 Å². The summed E-state index contributed by atoms with van der Waals surface area (Å²) in [5.41, 5.74) is 0. The molecule has 3 rings (SSSR count). The van der Waals surface area contributed by atoms with Gasteiger partial charge in [-0.1, -0.05) is 12.8 Å². The molecular formula is C14H20O6. The van der Waals surface area contributed by atoms with Gasteiger partial charge in [0.1, 0.15) is 25.4 Å². The first-order valence-corrected chi connectivity index (χ1v) is 7.30. The lowest BCUT2D eigenvalue weighted by Crippen LogP contribution is -2.35. The minimum Gasteiger partial charge on any atom is -0.463 e. The number of hydrogen-bond acceptors (Lipinski definition) is 6. The fraction of sp³-hybridized carbons (Fsp3) is 0.857. The van der Waals surface area contributed by atoms with Crippen LogP contribution >= 0.6 is 0 Å². The molecular weight excluding hydrogens is 264 g/mol. The Kier molecular flexibility index (Phi) is 4.21. The first-order valence-electron chi connectivity index (χ1n) is 7.30. The van der Waals surface area contributed by atoms with Crippen molar-refractivity contribution in [2.45, 2.75) is 37.9 Å². The number of ether oxygens (including phenoxy) is 4. The lowest BCUT2D eigenvalue weighted by Gasteiger charge is -2.28. The van der Waals surface area contributed by atoms with Gasteiger partial charge in [-0.25, -0.2) is 0 Å². The molecule has 3 aliphatic rings. The van der Waals surface area contributed by atoms with Gasteiger partial charge in [0, 0.05) is 0 Å². The van der Waals surface area contributed by atoms with Crippen LogP contribution in [0.1, 0.15) is 25.7 Å². The van der Waals surface area contributed by atoms with E-state index in [1.54, 1.807) is 0 Å². The van der Waals surface area contributed by atoms with Crippen molar-refractivity contribution >= 4 is 11.9 Å². The molecule has 3 fully saturated rings. The van der Waals surface area contributed by atoms with Crippen molar-refractivity contribution in [1.29, 1.82) is 0 Å². The Labute approximate surface area is 117 Å². The third-order valence-electron chi connectivity index (χ3n) is 4.00. The maximum Gasteiger partial charge on any atom is 0.309 e. The van der Waals surface area contributed by atoms with Crippen LogP contribution in [0.25, 0.3) is 0 Å². The SMILES string of the molecule is O=C(OC[C@@H]1CO1)[C@H]1CCCC[C@H]1C(=O)OC[C@H]1CO1. The largest absolute Gasteiger partial charge is 0.463 e. The van der Waals surface area contributed by atoms with E-state index in [1.807, 2.05) is 0 Å². The van der Waals surface area contributed by atoms with Crippen LogP contribution in [0.2, 0.25) is 0 Å². The number of carbonyl (C=O) groups excluding carboxylic acids is 2. The summed E-state index contributed by atoms with van der Waals surface area (Å²) in [5.74, 6) is -1.31. The van der Waals surface area contributed by atoms with Crippen LogP contribution in [0.5, 0.6) is 0 Å². The summed E-state index contributed by atoms with van der Waals surface area (Å²) in [6.45, 7) is 1.91. The van der Waals surface area contributed by atoms with E-state index in [9.17, 15) is 9.59 Å². The molecule has 0 aromatic heterocycles. The highest BCUT2D eigenvalue weighted by Crippen LogP contribution is 2.32. The van der Waals surface area contributed by atoms with E-state index in [4.69, 9.17) is 18.9 Å². The van der Waals surface area contributed by atoms with Gasteiger partial charge in [-0.3, -0.25) is 9.59 Å². The number of hydrogen-bond donors (Lipinski definition) is 0. The molecule has 0 amide bonds. The highest BCUT2D eigenvalue weighted by atomic mass is 16.6. The third-order valence-corrected chi connectivity index (χ3v) is 4.00. The fourth-order valence-electron chi connectivity index (χ4n) is 2.59. The predicted molar refractivity (Wildman–Crippen MR) is 66.8 cm³/mol. The Hall–Kier alpha value is -1.14. The van der Waals surface area contributed by atoms with E-state index in [2.05, 4.69) is 0 Å². The van der Waals surface area contributed by atoms with E-state index >= 15 is 0 Å². The zero-order valence-electron chi connectivity index (χ0n) is 11.4. The number of esters is 2. The monoisotopic (exact) mass is 284 g/mol. The molecule has 0 aromatic rings. The van der Waals surface area contributed by atoms with Crippen LogP contribution < -0.4 is 0 Å². The second kappa shape index (κ2) is 6.10. The molecule has 2 aliphatic heterocycles. The zero-order chi connectivity index (χ0) is 13.9. The molecule has 2 heterocycles. The van der Waals surface area contributed by atoms with Crippen molar-refractivity contribution in [3.8, 4) is 0 Å². The van der Waals surface area contributed by atoms with Crippen molar-refractivity contribution < 1.29 is 28.5 Å². The summed E-state index contributed by atoms with van der Waals surface area (Å²) < 4.78 is 20.5. The lowest BCUT2D eigenvalue weighted by molar-refractivity contribution is -0.163. The second-order valence-corrected chi connectivity index (χ2v) is 5.67. The molecule has 0 spiro atoms. The fourth-order valence-corrected chi connectivity index (χ4v) is 2.59. The average Bonchev–Trinajstić information content (AvgIpc) is 3.36. The van der Waals surface area contributed by atoms with Gasteiger partial charge in [0.05, 0.1) is 25.0 Å². The van der Waals surface area contributed by atoms with Crippen molar-refractivity contribution in [3.05, 3.63) is 0 Å². The van der Waals surface area contributed by atoms with Gasteiger partial charge in [-0.2, -0.15) is 0 Å². The maximum absolute atomic E-state index is 12.1. The molecule has 0 unspecified atom stereocenters. The third kappa shape index (κ3) is 3.70. The molecule has 1 saturated carbocycles. The van der Waals surface area contributed by atoms with Crippen molar-refractivity contribution in [3.63, 3.8) is 0 Å². The van der Waals surface area contributed by atoms with Crippen LogP contribution in [0.4, 0.5) is 0 Å². The summed E-state index contributed by atoms with van der Waals surface area (Å²) in [5, 5.41) is 0. The van der Waals surface area contributed by atoms with Crippen molar-refractivity contribution in [2.75, 3.05) is 26.4 Å². The van der Waals surface area contributed by atoms with Crippen LogP contribution in [-0.2, 0) is 28.5 Å². The van der Waals surface area contributed by atoms with Gasteiger partial charge < -0.3 is 18.9 Å². The minimum absolute atomic E-state index is 0.0555. The number of rotatable bonds is 6. The lowest BCUT2D eigenvalue weighted by atomic mass is 9.79. The molecule has 0 N–H and O–H groups in total. The Bertz CT molecular complexity index is 338. The predicted octanol–water partition coefficient (Wildman–Crippen LogP) is 0.677. The second-order valence-electron chi connectivity index (χ2n) is 5.67. The molecule has 0 aromatic carbocycles. The van der Waals surface area contributed by atoms with Gasteiger partial charge in [0.25, 0.3) is 0 Å². The Morgan fingerprint density at radius 3 is 1.60 bits per heavy atom. The Balaban J connectivity index is 1.50. The van der Waals surface area contributed by atoms with Crippen LogP contribution in [0.15, 0.2) is 0 Å². The average molecular weight is 284 g/mol. The van der Waals surface area contributed by atoms with Crippen LogP contribution in [-0.4, -0.2) is 50.6 Å². The summed E-state index contributed by atoms with van der Waals surface area (Å²) in [7, 11) is 0. The first-order chi connectivity index (χ1) is 9.74. The zero-order valence-corrected chi connectivity index (χ0v) is 11.4. The van der Waals surface area contributed by atoms with E-state index in [1.165, 1.54) is 0 Å². The summed E-state index contributed by atoms with van der Waals surface area (Å²) in [6.07, 6.45) is 3.42. The topological polar surface area (TPSA) is 77.7 Å². The smallest absolute Gasteiger partial charge is 0.309 e. The van der Waals surface area contributed by atoms with E-state index in [0.717, 1.165) is 12.8 Å². The standard InChI is InChI=1S/C14H20O6/c15-13(19-7-9-5-17-9)11-3-1-2-4-12(11)14(16)20-8-10-6-18-10/h9-12H,1-8H2/t9-,10+,11-,12+. The first kappa shape index (κ1) is 13.8. The molecule has 6 heteroatoms. The van der Waals surface area contributed by atoms with Gasteiger partial charge in [0.15, 0.2) is 0 Å². The van der Waals surface area contributed by atoms with Gasteiger partial charge in [0.2, 0.25) is 0 Å². The van der Waals surface area contributed by atoms with Crippen molar-refractivity contribution in [2.24, 2.45) is 11.8 Å². The van der Waals surface area contributed by atoms with Gasteiger partial charge in [-0.15, -0.1) is 0 Å². The molecule has 6 nitrogen and oxygen atoms in total. The molecule has 1 aliphatic carbocycles. The minimum atomic E-state index is -0.366. The summed E-state index contributed by atoms with van der Waals surface area (Å²) in [6, 6.07) is 0. The molecule has 4 atom stereocenters. The van der Waals surface area contributed by atoms with Crippen LogP contribution in [0, 0.1) is 11.8 Å². The number of epoxide rings is 2. The molecule has 112 valence electrons. The Morgan fingerprint density at radius 2 is 1.25 bits per heavy atom. The van der Waals surface area contributed by atoms with E-state index in [-0.39, 0.29) is 36.0 Å². The maximum atomic E-state index is 12.1. The van der Waals surface area contributed by atoms with Crippen molar-refractivity contribution in [1.82, 2.24) is 0 Å². The van der Waals surface area contributed by atoms with E-state index < -0.39 is 0 Å². The number of carbonyl (C=O) groups is 2. The molecule has 20 heavy (non-hydrogen) atoms. The van der Waals surface area contributed by atoms with Crippen LogP contribution in [0.3, 0.4) is 0 Å². The molecule has 0 radical (unpaired) electrons. The highest BCUT2D eigenvalue weighted by Gasteiger charge is 2.39. The molecule has 0 bridgehead atoms. The highest BCUT2D eigenvalue weighted by molar-refractivity contribution is 5.82. The Morgan fingerprint density at radius 1 is 0.850 bits per heavy atom. The quantitative estimate of drug-likeness (QED) is 0.527. The summed E-state index contributed by atoms with van der Waals surface area (Å²) >= 11 is 0.